The normalized spacial score (nSPS) is 12.4. The predicted octanol–water partition coefficient (Wildman–Crippen LogP) is 3.84. The third-order valence-electron chi connectivity index (χ3n) is 3.26. The Morgan fingerprint density at radius 2 is 1.74 bits per heavy atom. The molecule has 0 saturated heterocycles. The first-order chi connectivity index (χ1) is 9.15. The Kier molecular flexibility index (Phi) is 4.27. The third-order valence-corrected chi connectivity index (χ3v) is 3.26. The molecule has 0 bridgehead atoms. The molecule has 0 aliphatic heterocycles. The van der Waals surface area contributed by atoms with Crippen molar-refractivity contribution in [2.75, 3.05) is 7.05 Å². The van der Waals surface area contributed by atoms with Crippen LogP contribution >= 0.6 is 0 Å². The molecule has 100 valence electrons. The van der Waals surface area contributed by atoms with Crippen molar-refractivity contribution in [2.45, 2.75) is 19.4 Å². The average Bonchev–Trinajstić information content (AvgIpc) is 2.44. The highest BCUT2D eigenvalue weighted by molar-refractivity contribution is 5.34. The lowest BCUT2D eigenvalue weighted by Crippen LogP contribution is -2.18. The minimum atomic E-state index is -0.819. The number of hydrogen-bond acceptors (Lipinski definition) is 1. The first-order valence-electron chi connectivity index (χ1n) is 6.36. The number of benzene rings is 2. The van der Waals surface area contributed by atoms with Gasteiger partial charge in [-0.3, -0.25) is 0 Å². The van der Waals surface area contributed by atoms with E-state index in [1.807, 2.05) is 19.2 Å². The first kappa shape index (κ1) is 13.7. The summed E-state index contributed by atoms with van der Waals surface area (Å²) in [5.41, 5.74) is 2.99. The summed E-state index contributed by atoms with van der Waals surface area (Å²) in [5.74, 6) is -1.63. The molecule has 0 aromatic heterocycles. The average molecular weight is 261 g/mol. The summed E-state index contributed by atoms with van der Waals surface area (Å²) in [6.45, 7) is 2.09. The Labute approximate surface area is 112 Å². The van der Waals surface area contributed by atoms with E-state index in [-0.39, 0.29) is 6.04 Å². The minimum absolute atomic E-state index is 0.137. The van der Waals surface area contributed by atoms with Gasteiger partial charge in [0.05, 0.1) is 6.04 Å². The van der Waals surface area contributed by atoms with Crippen LogP contribution in [0, 0.1) is 11.6 Å². The fourth-order valence-electron chi connectivity index (χ4n) is 2.21. The van der Waals surface area contributed by atoms with Gasteiger partial charge in [-0.15, -0.1) is 0 Å². The van der Waals surface area contributed by atoms with Crippen LogP contribution in [0.1, 0.15) is 29.7 Å². The van der Waals surface area contributed by atoms with E-state index in [1.165, 1.54) is 17.7 Å². The van der Waals surface area contributed by atoms with E-state index in [0.29, 0.717) is 0 Å². The highest BCUT2D eigenvalue weighted by Gasteiger charge is 2.14. The molecule has 3 heteroatoms. The van der Waals surface area contributed by atoms with Gasteiger partial charge in [-0.05, 0) is 42.3 Å². The number of rotatable bonds is 4. The zero-order valence-electron chi connectivity index (χ0n) is 11.1. The molecule has 1 N–H and O–H groups in total. The summed E-state index contributed by atoms with van der Waals surface area (Å²) in [5, 5.41) is 3.14. The zero-order valence-corrected chi connectivity index (χ0v) is 11.1. The molecule has 2 aromatic carbocycles. The summed E-state index contributed by atoms with van der Waals surface area (Å²) in [7, 11) is 1.81. The smallest absolute Gasteiger partial charge is 0.159 e. The van der Waals surface area contributed by atoms with Crippen LogP contribution in [0.15, 0.2) is 42.5 Å². The summed E-state index contributed by atoms with van der Waals surface area (Å²) in [4.78, 5) is 0. The molecule has 2 rings (SSSR count). The van der Waals surface area contributed by atoms with Crippen LogP contribution in [-0.2, 0) is 6.42 Å². The van der Waals surface area contributed by atoms with Crippen molar-refractivity contribution in [3.8, 4) is 0 Å². The van der Waals surface area contributed by atoms with Gasteiger partial charge in [-0.2, -0.15) is 0 Å². The highest BCUT2D eigenvalue weighted by atomic mass is 19.2. The second-order valence-corrected chi connectivity index (χ2v) is 4.49. The minimum Gasteiger partial charge on any atom is -0.309 e. The van der Waals surface area contributed by atoms with Gasteiger partial charge in [-0.1, -0.05) is 37.3 Å². The van der Waals surface area contributed by atoms with Gasteiger partial charge in [0.25, 0.3) is 0 Å². The van der Waals surface area contributed by atoms with Gasteiger partial charge < -0.3 is 5.32 Å². The van der Waals surface area contributed by atoms with E-state index in [9.17, 15) is 8.78 Å². The molecule has 0 radical (unpaired) electrons. The van der Waals surface area contributed by atoms with E-state index in [0.717, 1.165) is 17.5 Å². The molecular weight excluding hydrogens is 244 g/mol. The molecule has 0 amide bonds. The van der Waals surface area contributed by atoms with Crippen LogP contribution in [0.4, 0.5) is 8.78 Å². The maximum Gasteiger partial charge on any atom is 0.159 e. The molecule has 0 spiro atoms. The van der Waals surface area contributed by atoms with Crippen molar-refractivity contribution in [3.05, 3.63) is 70.8 Å². The Hall–Kier alpha value is -1.74. The molecule has 19 heavy (non-hydrogen) atoms. The van der Waals surface area contributed by atoms with Crippen molar-refractivity contribution in [1.82, 2.24) is 5.32 Å². The van der Waals surface area contributed by atoms with Crippen molar-refractivity contribution < 1.29 is 8.78 Å². The van der Waals surface area contributed by atoms with Crippen molar-refractivity contribution in [3.63, 3.8) is 0 Å². The summed E-state index contributed by atoms with van der Waals surface area (Å²) >= 11 is 0. The Balaban J connectivity index is 2.40. The summed E-state index contributed by atoms with van der Waals surface area (Å²) < 4.78 is 26.3. The van der Waals surface area contributed by atoms with Gasteiger partial charge >= 0.3 is 0 Å². The molecule has 0 heterocycles. The predicted molar refractivity (Wildman–Crippen MR) is 73.1 cm³/mol. The van der Waals surface area contributed by atoms with Crippen LogP contribution in [0.2, 0.25) is 0 Å². The molecule has 0 fully saturated rings. The molecule has 1 unspecified atom stereocenters. The van der Waals surface area contributed by atoms with Crippen molar-refractivity contribution in [2.24, 2.45) is 0 Å². The van der Waals surface area contributed by atoms with Gasteiger partial charge in [0.1, 0.15) is 0 Å². The Bertz CT molecular complexity index is 566. The molecule has 2 aromatic rings. The second kappa shape index (κ2) is 5.93. The van der Waals surface area contributed by atoms with Gasteiger partial charge in [0.2, 0.25) is 0 Å². The topological polar surface area (TPSA) is 12.0 Å². The van der Waals surface area contributed by atoms with Crippen LogP contribution < -0.4 is 5.32 Å². The van der Waals surface area contributed by atoms with Crippen LogP contribution in [-0.4, -0.2) is 7.05 Å². The van der Waals surface area contributed by atoms with Crippen LogP contribution in [0.3, 0.4) is 0 Å². The molecule has 0 aliphatic rings. The third kappa shape index (κ3) is 2.99. The Morgan fingerprint density at radius 3 is 2.37 bits per heavy atom. The molecule has 0 saturated carbocycles. The number of aryl methyl sites for hydroxylation is 1. The van der Waals surface area contributed by atoms with Crippen LogP contribution in [0.5, 0.6) is 0 Å². The second-order valence-electron chi connectivity index (χ2n) is 4.49. The lowest BCUT2D eigenvalue weighted by atomic mass is 9.96. The number of halogens is 2. The summed E-state index contributed by atoms with van der Waals surface area (Å²) in [6.07, 6.45) is 0.946. The van der Waals surface area contributed by atoms with Crippen molar-refractivity contribution in [1.29, 1.82) is 0 Å². The number of hydrogen-bond donors (Lipinski definition) is 1. The van der Waals surface area contributed by atoms with E-state index in [4.69, 9.17) is 0 Å². The number of nitrogens with one attached hydrogen (secondary N) is 1. The zero-order chi connectivity index (χ0) is 13.8. The molecule has 1 nitrogen and oxygen atoms in total. The molecule has 1 atom stereocenters. The standard InChI is InChI=1S/C16H17F2N/c1-3-11-5-4-6-12(9-11)16(19-2)13-7-8-14(17)15(18)10-13/h4-10,16,19H,3H2,1-2H3. The van der Waals surface area contributed by atoms with E-state index in [1.54, 1.807) is 6.07 Å². The monoisotopic (exact) mass is 261 g/mol. The Morgan fingerprint density at radius 1 is 1.00 bits per heavy atom. The first-order valence-corrected chi connectivity index (χ1v) is 6.36. The highest BCUT2D eigenvalue weighted by Crippen LogP contribution is 2.24. The van der Waals surface area contributed by atoms with E-state index >= 15 is 0 Å². The van der Waals surface area contributed by atoms with Gasteiger partial charge in [-0.25, -0.2) is 8.78 Å². The lowest BCUT2D eigenvalue weighted by Gasteiger charge is -2.18. The molecule has 0 aliphatic carbocycles. The van der Waals surface area contributed by atoms with E-state index in [2.05, 4.69) is 24.4 Å². The van der Waals surface area contributed by atoms with Crippen LogP contribution in [0.25, 0.3) is 0 Å². The fraction of sp³-hybridized carbons (Fsp3) is 0.250. The summed E-state index contributed by atoms with van der Waals surface area (Å²) in [6, 6.07) is 12.0. The van der Waals surface area contributed by atoms with Crippen molar-refractivity contribution >= 4 is 0 Å². The largest absolute Gasteiger partial charge is 0.309 e. The maximum absolute atomic E-state index is 13.3. The lowest BCUT2D eigenvalue weighted by molar-refractivity contribution is 0.505. The maximum atomic E-state index is 13.3. The fourth-order valence-corrected chi connectivity index (χ4v) is 2.21. The quantitative estimate of drug-likeness (QED) is 0.881. The van der Waals surface area contributed by atoms with E-state index < -0.39 is 11.6 Å². The van der Waals surface area contributed by atoms with Gasteiger partial charge in [0.15, 0.2) is 11.6 Å². The van der Waals surface area contributed by atoms with Gasteiger partial charge in [0, 0.05) is 0 Å². The molecular formula is C16H17F2N. The SMILES string of the molecule is CCc1cccc(C(NC)c2ccc(F)c(F)c2)c1.